The summed E-state index contributed by atoms with van der Waals surface area (Å²) in [6.07, 6.45) is 6.50. The molecule has 32 heavy (non-hydrogen) atoms. The number of nitrogens with one attached hydrogen (secondary N) is 1. The molecule has 1 aliphatic rings. The van der Waals surface area contributed by atoms with Gasteiger partial charge in [0.05, 0.1) is 5.60 Å². The average molecular weight is 449 g/mol. The van der Waals surface area contributed by atoms with Gasteiger partial charge in [-0.2, -0.15) is 0 Å². The maximum atomic E-state index is 12.4. The van der Waals surface area contributed by atoms with Crippen molar-refractivity contribution in [2.24, 2.45) is 5.92 Å². The van der Waals surface area contributed by atoms with Crippen molar-refractivity contribution in [2.45, 2.75) is 99.0 Å². The number of piperidine rings is 1. The number of hydrogen-bond acceptors (Lipinski definition) is 3. The standard InChI is InChI=1S/C25H40N2O3.C2H6.H2/c1-6-8-21-17-22(11-10-20(21)7-2)26-23(28)12-9-19-13-15-27(16-14-19)24(29)18-30-25(3,4)5;1-2;/h10-11,17,19H,6-9,12-16,18H2,1-5H3,(H,26,28);1-2H3;1H. The van der Waals surface area contributed by atoms with E-state index in [0.29, 0.717) is 12.3 Å². The highest BCUT2D eigenvalue weighted by molar-refractivity contribution is 5.90. The molecule has 0 atom stereocenters. The van der Waals surface area contributed by atoms with Crippen molar-refractivity contribution in [3.05, 3.63) is 29.3 Å². The molecular formula is C27H48N2O3. The number of rotatable bonds is 9. The van der Waals surface area contributed by atoms with Crippen molar-refractivity contribution >= 4 is 17.5 Å². The summed E-state index contributed by atoms with van der Waals surface area (Å²) in [5.41, 5.74) is 3.31. The number of benzene rings is 1. The molecule has 0 saturated carbocycles. The van der Waals surface area contributed by atoms with Crippen LogP contribution in [-0.2, 0) is 27.2 Å². The van der Waals surface area contributed by atoms with Gasteiger partial charge in [0, 0.05) is 26.6 Å². The molecule has 5 heteroatoms. The third kappa shape index (κ3) is 10.2. The molecule has 0 radical (unpaired) electrons. The molecule has 1 fully saturated rings. The fourth-order valence-electron chi connectivity index (χ4n) is 3.95. The van der Waals surface area contributed by atoms with Crippen LogP contribution < -0.4 is 5.32 Å². The summed E-state index contributed by atoms with van der Waals surface area (Å²) in [4.78, 5) is 26.6. The molecule has 1 N–H and O–H groups in total. The first-order chi connectivity index (χ1) is 15.2. The Balaban J connectivity index is 0.00000332. The fraction of sp³-hybridized carbons (Fsp3) is 0.704. The molecule has 0 bridgehead atoms. The lowest BCUT2D eigenvalue weighted by Crippen LogP contribution is -2.41. The van der Waals surface area contributed by atoms with Gasteiger partial charge in [-0.15, -0.1) is 0 Å². The van der Waals surface area contributed by atoms with Gasteiger partial charge in [0.25, 0.3) is 0 Å². The van der Waals surface area contributed by atoms with Crippen LogP contribution in [0.2, 0.25) is 0 Å². The van der Waals surface area contributed by atoms with Crippen LogP contribution in [-0.4, -0.2) is 42.0 Å². The molecule has 5 nitrogen and oxygen atoms in total. The van der Waals surface area contributed by atoms with Crippen molar-refractivity contribution in [3.8, 4) is 0 Å². The molecule has 0 spiro atoms. The van der Waals surface area contributed by atoms with E-state index in [-0.39, 0.29) is 25.4 Å². The molecule has 1 saturated heterocycles. The molecule has 1 heterocycles. The van der Waals surface area contributed by atoms with E-state index in [4.69, 9.17) is 4.74 Å². The van der Waals surface area contributed by atoms with Crippen LogP contribution in [0.25, 0.3) is 0 Å². The molecule has 0 aromatic heterocycles. The van der Waals surface area contributed by atoms with Gasteiger partial charge in [-0.1, -0.05) is 40.2 Å². The van der Waals surface area contributed by atoms with Crippen LogP contribution >= 0.6 is 0 Å². The van der Waals surface area contributed by atoms with Gasteiger partial charge >= 0.3 is 0 Å². The number of amides is 2. The molecule has 2 amide bonds. The summed E-state index contributed by atoms with van der Waals surface area (Å²) in [5.74, 6) is 0.653. The normalized spacial score (nSPS) is 14.5. The Bertz CT molecular complexity index is 708. The lowest BCUT2D eigenvalue weighted by molar-refractivity contribution is -0.142. The van der Waals surface area contributed by atoms with Gasteiger partial charge in [0.2, 0.25) is 11.8 Å². The number of hydrogen-bond donors (Lipinski definition) is 1. The van der Waals surface area contributed by atoms with Gasteiger partial charge in [0.1, 0.15) is 6.61 Å². The molecule has 1 aliphatic heterocycles. The van der Waals surface area contributed by atoms with Crippen molar-refractivity contribution in [1.29, 1.82) is 0 Å². The van der Waals surface area contributed by atoms with Gasteiger partial charge in [0.15, 0.2) is 0 Å². The monoisotopic (exact) mass is 448 g/mol. The number of nitrogens with zero attached hydrogens (tertiary/aromatic N) is 1. The van der Waals surface area contributed by atoms with E-state index in [1.807, 2.05) is 45.6 Å². The second-order valence-electron chi connectivity index (χ2n) is 9.40. The summed E-state index contributed by atoms with van der Waals surface area (Å²) >= 11 is 0. The SMILES string of the molecule is CC.CCCc1cc(NC(=O)CCC2CCN(C(=O)COC(C)(C)C)CC2)ccc1CC.[HH]. The zero-order valence-electron chi connectivity index (χ0n) is 21.6. The first kappa shape index (κ1) is 28.2. The smallest absolute Gasteiger partial charge is 0.248 e. The number of carbonyl (C=O) groups is 2. The van der Waals surface area contributed by atoms with E-state index >= 15 is 0 Å². The van der Waals surface area contributed by atoms with E-state index in [2.05, 4.69) is 31.3 Å². The maximum Gasteiger partial charge on any atom is 0.248 e. The number of aryl methyl sites for hydroxylation is 2. The van der Waals surface area contributed by atoms with Crippen LogP contribution in [0.5, 0.6) is 0 Å². The van der Waals surface area contributed by atoms with E-state index in [9.17, 15) is 9.59 Å². The minimum Gasteiger partial charge on any atom is -0.366 e. The van der Waals surface area contributed by atoms with Crippen LogP contribution in [0.4, 0.5) is 5.69 Å². The third-order valence-electron chi connectivity index (χ3n) is 5.77. The summed E-state index contributed by atoms with van der Waals surface area (Å²) in [6.45, 7) is 15.9. The molecule has 1 aromatic carbocycles. The summed E-state index contributed by atoms with van der Waals surface area (Å²) in [7, 11) is 0. The van der Waals surface area contributed by atoms with Crippen LogP contribution in [0.15, 0.2) is 18.2 Å². The number of carbonyl (C=O) groups excluding carboxylic acids is 2. The van der Waals surface area contributed by atoms with E-state index in [0.717, 1.165) is 57.3 Å². The van der Waals surface area contributed by atoms with E-state index < -0.39 is 0 Å². The Kier molecular flexibility index (Phi) is 12.6. The summed E-state index contributed by atoms with van der Waals surface area (Å²) in [6, 6.07) is 6.28. The highest BCUT2D eigenvalue weighted by Crippen LogP contribution is 2.23. The Labute approximate surface area is 197 Å². The first-order valence-electron chi connectivity index (χ1n) is 12.5. The lowest BCUT2D eigenvalue weighted by Gasteiger charge is -2.32. The minimum absolute atomic E-state index is 0. The molecule has 0 unspecified atom stereocenters. The molecule has 2 rings (SSSR count). The van der Waals surface area contributed by atoms with Gasteiger partial charge in [-0.05, 0) is 82.1 Å². The molecule has 184 valence electrons. The summed E-state index contributed by atoms with van der Waals surface area (Å²) < 4.78 is 5.60. The number of ether oxygens (including phenoxy) is 1. The van der Waals surface area contributed by atoms with E-state index in [1.165, 1.54) is 11.1 Å². The maximum absolute atomic E-state index is 12.4. The molecule has 0 aliphatic carbocycles. The average Bonchev–Trinajstić information content (AvgIpc) is 2.78. The molecule has 1 aromatic rings. The second kappa shape index (κ2) is 14.3. The van der Waals surface area contributed by atoms with Crippen molar-refractivity contribution in [1.82, 2.24) is 4.90 Å². The minimum atomic E-state index is -0.296. The Hall–Kier alpha value is -1.88. The number of anilines is 1. The molecular weight excluding hydrogens is 400 g/mol. The van der Waals surface area contributed by atoms with Crippen molar-refractivity contribution in [3.63, 3.8) is 0 Å². The third-order valence-corrected chi connectivity index (χ3v) is 5.77. The van der Waals surface area contributed by atoms with Crippen LogP contribution in [0, 0.1) is 5.92 Å². The first-order valence-corrected chi connectivity index (χ1v) is 12.5. The largest absolute Gasteiger partial charge is 0.366 e. The van der Waals surface area contributed by atoms with Gasteiger partial charge < -0.3 is 15.0 Å². The highest BCUT2D eigenvalue weighted by Gasteiger charge is 2.24. The Morgan fingerprint density at radius 2 is 1.78 bits per heavy atom. The quantitative estimate of drug-likeness (QED) is 0.486. The zero-order valence-corrected chi connectivity index (χ0v) is 21.6. The second-order valence-corrected chi connectivity index (χ2v) is 9.40. The summed E-state index contributed by atoms with van der Waals surface area (Å²) in [5, 5.41) is 3.07. The zero-order chi connectivity index (χ0) is 24.1. The van der Waals surface area contributed by atoms with Crippen LogP contribution in [0.1, 0.15) is 93.1 Å². The van der Waals surface area contributed by atoms with Crippen molar-refractivity contribution < 1.29 is 15.8 Å². The van der Waals surface area contributed by atoms with Gasteiger partial charge in [-0.3, -0.25) is 9.59 Å². The topological polar surface area (TPSA) is 58.6 Å². The Morgan fingerprint density at radius 1 is 1.12 bits per heavy atom. The fourth-order valence-corrected chi connectivity index (χ4v) is 3.95. The van der Waals surface area contributed by atoms with Gasteiger partial charge in [-0.25, -0.2) is 0 Å². The lowest BCUT2D eigenvalue weighted by atomic mass is 9.92. The number of likely N-dealkylation sites (tertiary alicyclic amines) is 1. The predicted molar refractivity (Wildman–Crippen MR) is 136 cm³/mol. The van der Waals surface area contributed by atoms with E-state index in [1.54, 1.807) is 0 Å². The Morgan fingerprint density at radius 3 is 2.34 bits per heavy atom. The van der Waals surface area contributed by atoms with Crippen LogP contribution in [0.3, 0.4) is 0 Å². The predicted octanol–water partition coefficient (Wildman–Crippen LogP) is 6.25. The highest BCUT2D eigenvalue weighted by atomic mass is 16.5. The van der Waals surface area contributed by atoms with Crippen molar-refractivity contribution in [2.75, 3.05) is 25.0 Å².